The summed E-state index contributed by atoms with van der Waals surface area (Å²) in [4.78, 5) is 20.3. The number of alkyl halides is 3. The van der Waals surface area contributed by atoms with Crippen molar-refractivity contribution in [2.45, 2.75) is 44.8 Å². The zero-order valence-electron chi connectivity index (χ0n) is 18.0. The first-order chi connectivity index (χ1) is 14.7. The molecule has 8 nitrogen and oxygen atoms in total. The lowest BCUT2D eigenvalue weighted by Gasteiger charge is -2.41. The van der Waals surface area contributed by atoms with Crippen LogP contribution in [-0.2, 0) is 14.9 Å². The Morgan fingerprint density at radius 1 is 1.16 bits per heavy atom. The summed E-state index contributed by atoms with van der Waals surface area (Å²) in [6, 6.07) is 5.21. The molecule has 1 atom stereocenters. The van der Waals surface area contributed by atoms with Gasteiger partial charge >= 0.3 is 21.7 Å². The minimum absolute atomic E-state index is 0.152. The van der Waals surface area contributed by atoms with E-state index in [0.29, 0.717) is 36.2 Å². The van der Waals surface area contributed by atoms with Crippen molar-refractivity contribution in [3.05, 3.63) is 30.5 Å². The van der Waals surface area contributed by atoms with E-state index in [-0.39, 0.29) is 6.04 Å². The normalized spacial score (nSPS) is 18.0. The molecule has 32 heavy (non-hydrogen) atoms. The number of piperazine rings is 1. The van der Waals surface area contributed by atoms with Gasteiger partial charge in [-0.2, -0.15) is 21.6 Å². The van der Waals surface area contributed by atoms with Crippen molar-refractivity contribution in [2.24, 2.45) is 0 Å². The summed E-state index contributed by atoms with van der Waals surface area (Å²) in [6.07, 6.45) is 1.22. The molecule has 0 spiro atoms. The number of fused-ring (bicyclic) bond motifs is 1. The van der Waals surface area contributed by atoms with Crippen molar-refractivity contribution < 1.29 is 35.3 Å². The zero-order valence-corrected chi connectivity index (χ0v) is 18.8. The van der Waals surface area contributed by atoms with Crippen LogP contribution in [0.4, 0.5) is 23.7 Å². The van der Waals surface area contributed by atoms with Crippen LogP contribution >= 0.6 is 0 Å². The van der Waals surface area contributed by atoms with Gasteiger partial charge in [-0.3, -0.25) is 4.98 Å². The summed E-state index contributed by atoms with van der Waals surface area (Å²) in [6.45, 7) is 8.68. The van der Waals surface area contributed by atoms with E-state index < -0.39 is 33.1 Å². The second kappa shape index (κ2) is 8.30. The Balaban J connectivity index is 1.78. The summed E-state index contributed by atoms with van der Waals surface area (Å²) < 4.78 is 69.9. The Morgan fingerprint density at radius 2 is 1.84 bits per heavy atom. The molecule has 1 fully saturated rings. The van der Waals surface area contributed by atoms with E-state index in [1.807, 2.05) is 11.8 Å². The Kier molecular flexibility index (Phi) is 6.20. The fraction of sp³-hybridized carbons (Fsp3) is 0.500. The zero-order chi connectivity index (χ0) is 23.9. The molecule has 1 unspecified atom stereocenters. The molecule has 3 rings (SSSR count). The number of halogens is 3. The number of rotatable bonds is 3. The van der Waals surface area contributed by atoms with E-state index in [9.17, 15) is 26.4 Å². The summed E-state index contributed by atoms with van der Waals surface area (Å²) in [7, 11) is -5.76. The lowest BCUT2D eigenvalue weighted by atomic mass is 10.1. The summed E-state index contributed by atoms with van der Waals surface area (Å²) in [5, 5.41) is 0.416. The van der Waals surface area contributed by atoms with Crippen molar-refractivity contribution in [1.29, 1.82) is 0 Å². The first kappa shape index (κ1) is 23.9. The molecule has 1 aliphatic rings. The number of amides is 1. The minimum Gasteiger partial charge on any atom is -0.444 e. The first-order valence-corrected chi connectivity index (χ1v) is 11.2. The van der Waals surface area contributed by atoms with Crippen LogP contribution in [0.1, 0.15) is 27.7 Å². The maximum Gasteiger partial charge on any atom is 0.534 e. The SMILES string of the molecule is CC1CN(c2cnc3ccc(OS(=O)(=O)C(F)(F)F)cc3c2)CCN1C(=O)OC(C)(C)C. The van der Waals surface area contributed by atoms with Crippen LogP contribution in [0.25, 0.3) is 10.9 Å². The molecular weight excluding hydrogens is 451 g/mol. The molecule has 0 bridgehead atoms. The lowest BCUT2D eigenvalue weighted by molar-refractivity contribution is -0.0500. The summed E-state index contributed by atoms with van der Waals surface area (Å²) in [5.41, 5.74) is -4.98. The highest BCUT2D eigenvalue weighted by Gasteiger charge is 2.48. The second-order valence-electron chi connectivity index (χ2n) is 8.50. The predicted octanol–water partition coefficient (Wildman–Crippen LogP) is 3.91. The van der Waals surface area contributed by atoms with Gasteiger partial charge in [0.1, 0.15) is 11.4 Å². The quantitative estimate of drug-likeness (QED) is 0.491. The second-order valence-corrected chi connectivity index (χ2v) is 10.0. The maximum absolute atomic E-state index is 12.6. The molecule has 0 radical (unpaired) electrons. The largest absolute Gasteiger partial charge is 0.534 e. The molecule has 1 aromatic carbocycles. The van der Waals surface area contributed by atoms with E-state index in [2.05, 4.69) is 9.17 Å². The van der Waals surface area contributed by atoms with Crippen LogP contribution in [0, 0.1) is 0 Å². The van der Waals surface area contributed by atoms with E-state index >= 15 is 0 Å². The third-order valence-electron chi connectivity index (χ3n) is 4.75. The Hall–Kier alpha value is -2.76. The highest BCUT2D eigenvalue weighted by atomic mass is 32.2. The van der Waals surface area contributed by atoms with Crippen LogP contribution in [-0.4, -0.2) is 61.2 Å². The van der Waals surface area contributed by atoms with Gasteiger partial charge in [0, 0.05) is 31.1 Å². The Labute approximate surface area is 184 Å². The highest BCUT2D eigenvalue weighted by molar-refractivity contribution is 7.88. The van der Waals surface area contributed by atoms with E-state index in [1.165, 1.54) is 12.1 Å². The standard InChI is InChI=1S/C20H24F3N3O5S/c1-13-12-25(7-8-26(13)18(27)30-19(2,3)4)15-9-14-10-16(5-6-17(14)24-11-15)31-32(28,29)20(21,22)23/h5-6,9-11,13H,7-8,12H2,1-4H3. The molecule has 0 N–H and O–H groups in total. The van der Waals surface area contributed by atoms with Crippen molar-refractivity contribution in [3.63, 3.8) is 0 Å². The maximum atomic E-state index is 12.6. The van der Waals surface area contributed by atoms with Crippen LogP contribution in [0.2, 0.25) is 0 Å². The smallest absolute Gasteiger partial charge is 0.444 e. The van der Waals surface area contributed by atoms with Crippen molar-refractivity contribution in [1.82, 2.24) is 9.88 Å². The van der Waals surface area contributed by atoms with Gasteiger partial charge in [0.15, 0.2) is 0 Å². The molecule has 1 amide bonds. The Morgan fingerprint density at radius 3 is 2.44 bits per heavy atom. The van der Waals surface area contributed by atoms with Gasteiger partial charge in [-0.25, -0.2) is 4.79 Å². The number of pyridine rings is 1. The molecular formula is C20H24F3N3O5S. The molecule has 0 saturated carbocycles. The number of ether oxygens (including phenoxy) is 1. The molecule has 2 heterocycles. The van der Waals surface area contributed by atoms with Crippen LogP contribution in [0.3, 0.4) is 0 Å². The molecule has 12 heteroatoms. The van der Waals surface area contributed by atoms with Crippen molar-refractivity contribution >= 4 is 32.8 Å². The van der Waals surface area contributed by atoms with Gasteiger partial charge in [-0.1, -0.05) is 0 Å². The summed E-state index contributed by atoms with van der Waals surface area (Å²) in [5.74, 6) is -0.461. The summed E-state index contributed by atoms with van der Waals surface area (Å²) >= 11 is 0. The highest BCUT2D eigenvalue weighted by Crippen LogP contribution is 2.30. The number of carbonyl (C=O) groups is 1. The number of aromatic nitrogens is 1. The molecule has 2 aromatic rings. The van der Waals surface area contributed by atoms with Gasteiger partial charge in [0.05, 0.1) is 17.4 Å². The number of nitrogens with zero attached hydrogens (tertiary/aromatic N) is 3. The number of benzene rings is 1. The van der Waals surface area contributed by atoms with Crippen LogP contribution < -0.4 is 9.08 Å². The fourth-order valence-corrected chi connectivity index (χ4v) is 3.73. The first-order valence-electron chi connectivity index (χ1n) is 9.81. The topological polar surface area (TPSA) is 89.0 Å². The average molecular weight is 475 g/mol. The molecule has 176 valence electrons. The average Bonchev–Trinajstić information content (AvgIpc) is 2.64. The van der Waals surface area contributed by atoms with Gasteiger partial charge in [0.25, 0.3) is 0 Å². The van der Waals surface area contributed by atoms with Gasteiger partial charge < -0.3 is 18.7 Å². The van der Waals surface area contributed by atoms with Gasteiger partial charge in [-0.15, -0.1) is 0 Å². The Bertz CT molecular complexity index is 1120. The molecule has 0 aliphatic carbocycles. The third-order valence-corrected chi connectivity index (χ3v) is 5.73. The predicted molar refractivity (Wildman–Crippen MR) is 112 cm³/mol. The number of anilines is 1. The van der Waals surface area contributed by atoms with E-state index in [1.54, 1.807) is 37.9 Å². The van der Waals surface area contributed by atoms with E-state index in [4.69, 9.17) is 4.74 Å². The number of carbonyl (C=O) groups excluding carboxylic acids is 1. The van der Waals surface area contributed by atoms with Crippen molar-refractivity contribution in [3.8, 4) is 5.75 Å². The van der Waals surface area contributed by atoms with Crippen LogP contribution in [0.15, 0.2) is 30.5 Å². The monoisotopic (exact) mass is 475 g/mol. The number of hydrogen-bond donors (Lipinski definition) is 0. The number of hydrogen-bond acceptors (Lipinski definition) is 7. The van der Waals surface area contributed by atoms with Gasteiger partial charge in [0.2, 0.25) is 0 Å². The van der Waals surface area contributed by atoms with Crippen molar-refractivity contribution in [2.75, 3.05) is 24.5 Å². The van der Waals surface area contributed by atoms with Crippen LogP contribution in [0.5, 0.6) is 5.75 Å². The molecule has 1 aromatic heterocycles. The molecule has 1 saturated heterocycles. The lowest BCUT2D eigenvalue weighted by Crippen LogP contribution is -2.55. The minimum atomic E-state index is -5.76. The van der Waals surface area contributed by atoms with E-state index in [0.717, 1.165) is 6.07 Å². The fourth-order valence-electron chi connectivity index (χ4n) is 3.28. The van der Waals surface area contributed by atoms with Gasteiger partial charge in [-0.05, 0) is 52.0 Å². The molecule has 1 aliphatic heterocycles. The third kappa shape index (κ3) is 5.34.